The van der Waals surface area contributed by atoms with Crippen LogP contribution in [-0.4, -0.2) is 71.0 Å². The van der Waals surface area contributed by atoms with Gasteiger partial charge in [0, 0.05) is 37.3 Å². The van der Waals surface area contributed by atoms with Crippen LogP contribution in [0, 0.1) is 5.92 Å². The van der Waals surface area contributed by atoms with Crippen LogP contribution in [0.5, 0.6) is 5.75 Å². The Kier molecular flexibility index (Phi) is 9.50. The molecule has 1 aliphatic rings. The zero-order valence-corrected chi connectivity index (χ0v) is 21.3. The number of carbonyl (C=O) groups excluding carboxylic acids is 2. The van der Waals surface area contributed by atoms with Crippen molar-refractivity contribution in [3.8, 4) is 5.75 Å². The molecule has 1 atom stereocenters. The van der Waals surface area contributed by atoms with Gasteiger partial charge in [-0.3, -0.25) is 9.59 Å². The van der Waals surface area contributed by atoms with E-state index in [2.05, 4.69) is 10.6 Å². The second-order valence-corrected chi connectivity index (χ2v) is 10.5. The maximum absolute atomic E-state index is 13.0. The van der Waals surface area contributed by atoms with Gasteiger partial charge in [0.2, 0.25) is 15.9 Å². The Morgan fingerprint density at radius 2 is 1.80 bits per heavy atom. The van der Waals surface area contributed by atoms with Gasteiger partial charge in [0.05, 0.1) is 18.6 Å². The Hall–Kier alpha value is -2.66. The number of rotatable bonds is 10. The minimum atomic E-state index is -3.68. The number of hydrogen-bond donors (Lipinski definition) is 2. The van der Waals surface area contributed by atoms with Gasteiger partial charge in [-0.25, -0.2) is 8.42 Å². The van der Waals surface area contributed by atoms with Crippen LogP contribution in [0.4, 0.5) is 0 Å². The molecule has 2 aromatic rings. The second-order valence-electron chi connectivity index (χ2n) is 8.16. The number of carbonyl (C=O) groups is 2. The average molecular weight is 524 g/mol. The number of benzene rings is 2. The minimum Gasteiger partial charge on any atom is -0.497 e. The summed E-state index contributed by atoms with van der Waals surface area (Å²) in [5.41, 5.74) is 0.363. The molecule has 35 heavy (non-hydrogen) atoms. The first kappa shape index (κ1) is 26.9. The Balaban J connectivity index is 1.72. The van der Waals surface area contributed by atoms with Crippen molar-refractivity contribution in [1.82, 2.24) is 14.9 Å². The lowest BCUT2D eigenvalue weighted by atomic mass is 9.89. The summed E-state index contributed by atoms with van der Waals surface area (Å²) < 4.78 is 37.6. The van der Waals surface area contributed by atoms with E-state index < -0.39 is 22.0 Å². The van der Waals surface area contributed by atoms with Crippen molar-refractivity contribution in [2.75, 3.05) is 40.5 Å². The SMILES string of the molecule is COCCNC(=O)[C@@H](NC(=O)c1cccc(OC)c1)C1CCN(S(=O)(=O)c2ccc(Cl)cc2)CC1. The third-order valence-electron chi connectivity index (χ3n) is 5.93. The van der Waals surface area contributed by atoms with E-state index in [1.54, 1.807) is 24.3 Å². The Labute approximate surface area is 210 Å². The number of ether oxygens (including phenoxy) is 2. The Morgan fingerprint density at radius 1 is 1.11 bits per heavy atom. The molecule has 0 unspecified atom stereocenters. The maximum Gasteiger partial charge on any atom is 0.252 e. The predicted octanol–water partition coefficient (Wildman–Crippen LogP) is 2.31. The zero-order chi connectivity index (χ0) is 25.4. The molecular formula is C24H30ClN3O6S. The summed E-state index contributed by atoms with van der Waals surface area (Å²) in [5, 5.41) is 6.08. The van der Waals surface area contributed by atoms with Gasteiger partial charge in [-0.05, 0) is 61.2 Å². The highest BCUT2D eigenvalue weighted by molar-refractivity contribution is 7.89. The molecule has 2 aromatic carbocycles. The maximum atomic E-state index is 13.0. The van der Waals surface area contributed by atoms with Crippen LogP contribution in [0.25, 0.3) is 0 Å². The van der Waals surface area contributed by atoms with E-state index in [1.807, 2.05) is 0 Å². The van der Waals surface area contributed by atoms with Gasteiger partial charge in [-0.15, -0.1) is 0 Å². The highest BCUT2D eigenvalue weighted by atomic mass is 35.5. The fraction of sp³-hybridized carbons (Fsp3) is 0.417. The van der Waals surface area contributed by atoms with E-state index in [4.69, 9.17) is 21.1 Å². The van der Waals surface area contributed by atoms with Gasteiger partial charge in [0.15, 0.2) is 0 Å². The highest BCUT2D eigenvalue weighted by Gasteiger charge is 2.36. The summed E-state index contributed by atoms with van der Waals surface area (Å²) in [6.45, 7) is 1.09. The number of piperidine rings is 1. The minimum absolute atomic E-state index is 0.167. The number of nitrogens with one attached hydrogen (secondary N) is 2. The second kappa shape index (κ2) is 12.3. The molecule has 1 saturated heterocycles. The van der Waals surface area contributed by atoms with E-state index in [1.165, 1.54) is 42.8 Å². The topological polar surface area (TPSA) is 114 Å². The Bertz CT molecular complexity index is 1120. The van der Waals surface area contributed by atoms with Gasteiger partial charge in [-0.1, -0.05) is 17.7 Å². The van der Waals surface area contributed by atoms with Crippen molar-refractivity contribution in [1.29, 1.82) is 0 Å². The third-order valence-corrected chi connectivity index (χ3v) is 8.09. The molecule has 11 heteroatoms. The van der Waals surface area contributed by atoms with E-state index >= 15 is 0 Å². The number of sulfonamides is 1. The molecule has 190 valence electrons. The van der Waals surface area contributed by atoms with E-state index in [9.17, 15) is 18.0 Å². The van der Waals surface area contributed by atoms with Crippen LogP contribution in [0.3, 0.4) is 0 Å². The molecule has 1 aliphatic heterocycles. The standard InChI is InChI=1S/C24H30ClN3O6S/c1-33-15-12-26-24(30)22(27-23(29)18-4-3-5-20(16-18)34-2)17-10-13-28(14-11-17)35(31,32)21-8-6-19(25)7-9-21/h3-9,16-17,22H,10-15H2,1-2H3,(H,26,30)(H,27,29)/t22-/m0/s1. The fourth-order valence-corrected chi connectivity index (χ4v) is 5.57. The first-order chi connectivity index (χ1) is 16.8. The van der Waals surface area contributed by atoms with Crippen LogP contribution in [0.15, 0.2) is 53.4 Å². The number of amides is 2. The number of hydrogen-bond acceptors (Lipinski definition) is 6. The summed E-state index contributed by atoms with van der Waals surface area (Å²) >= 11 is 5.88. The lowest BCUT2D eigenvalue weighted by Gasteiger charge is -2.35. The summed E-state index contributed by atoms with van der Waals surface area (Å²) in [4.78, 5) is 26.1. The van der Waals surface area contributed by atoms with Crippen molar-refractivity contribution >= 4 is 33.4 Å². The highest BCUT2D eigenvalue weighted by Crippen LogP contribution is 2.27. The molecule has 0 aliphatic carbocycles. The predicted molar refractivity (Wildman–Crippen MR) is 132 cm³/mol. The molecule has 1 heterocycles. The van der Waals surface area contributed by atoms with Crippen LogP contribution in [0.2, 0.25) is 5.02 Å². The molecule has 0 aromatic heterocycles. The monoisotopic (exact) mass is 523 g/mol. The van der Waals surface area contributed by atoms with Crippen molar-refractivity contribution in [2.24, 2.45) is 5.92 Å². The van der Waals surface area contributed by atoms with E-state index in [-0.39, 0.29) is 29.8 Å². The average Bonchev–Trinajstić information content (AvgIpc) is 2.87. The van der Waals surface area contributed by atoms with Crippen molar-refractivity contribution < 1.29 is 27.5 Å². The van der Waals surface area contributed by atoms with Gasteiger partial charge in [0.25, 0.3) is 5.91 Å². The smallest absolute Gasteiger partial charge is 0.252 e. The largest absolute Gasteiger partial charge is 0.497 e. The third kappa shape index (κ3) is 6.94. The van der Waals surface area contributed by atoms with Crippen LogP contribution < -0.4 is 15.4 Å². The van der Waals surface area contributed by atoms with E-state index in [0.717, 1.165) is 0 Å². The molecule has 0 bridgehead atoms. The molecule has 1 fully saturated rings. The summed E-state index contributed by atoms with van der Waals surface area (Å²) in [6, 6.07) is 11.9. The van der Waals surface area contributed by atoms with Gasteiger partial charge in [0.1, 0.15) is 11.8 Å². The zero-order valence-electron chi connectivity index (χ0n) is 19.7. The van der Waals surface area contributed by atoms with Gasteiger partial charge >= 0.3 is 0 Å². The van der Waals surface area contributed by atoms with Crippen molar-refractivity contribution in [3.63, 3.8) is 0 Å². The molecule has 2 N–H and O–H groups in total. The molecule has 0 spiro atoms. The molecule has 2 amide bonds. The number of halogens is 1. The first-order valence-corrected chi connectivity index (χ1v) is 13.1. The molecule has 3 rings (SSSR count). The van der Waals surface area contributed by atoms with Gasteiger partial charge in [-0.2, -0.15) is 4.31 Å². The normalized spacial score (nSPS) is 15.9. The molecule has 0 saturated carbocycles. The van der Waals surface area contributed by atoms with Gasteiger partial charge < -0.3 is 20.1 Å². The molecule has 0 radical (unpaired) electrons. The lowest BCUT2D eigenvalue weighted by molar-refractivity contribution is -0.124. The molecule has 9 nitrogen and oxygen atoms in total. The summed E-state index contributed by atoms with van der Waals surface area (Å²) in [6.07, 6.45) is 0.821. The van der Waals surface area contributed by atoms with Crippen molar-refractivity contribution in [2.45, 2.75) is 23.8 Å². The van der Waals surface area contributed by atoms with Crippen molar-refractivity contribution in [3.05, 3.63) is 59.1 Å². The molecular weight excluding hydrogens is 494 g/mol. The van der Waals surface area contributed by atoms with Crippen LogP contribution in [0.1, 0.15) is 23.2 Å². The van der Waals surface area contributed by atoms with Crippen LogP contribution in [-0.2, 0) is 19.6 Å². The van der Waals surface area contributed by atoms with E-state index in [0.29, 0.717) is 42.3 Å². The summed E-state index contributed by atoms with van der Waals surface area (Å²) in [5.74, 6) is -0.465. The number of methoxy groups -OCH3 is 2. The number of nitrogens with zero attached hydrogens (tertiary/aromatic N) is 1. The van der Waals surface area contributed by atoms with Crippen LogP contribution >= 0.6 is 11.6 Å². The summed E-state index contributed by atoms with van der Waals surface area (Å²) in [7, 11) is -0.641. The fourth-order valence-electron chi connectivity index (χ4n) is 3.98. The lowest BCUT2D eigenvalue weighted by Crippen LogP contribution is -2.54. The first-order valence-electron chi connectivity index (χ1n) is 11.2. The quantitative estimate of drug-likeness (QED) is 0.462. The Morgan fingerprint density at radius 3 is 2.43 bits per heavy atom.